The van der Waals surface area contributed by atoms with E-state index in [-0.39, 0.29) is 17.9 Å². The first-order valence-electron chi connectivity index (χ1n) is 5.03. The van der Waals surface area contributed by atoms with Gasteiger partial charge in [0.2, 0.25) is 0 Å². The molecule has 2 aliphatic rings. The molecule has 1 amide bonds. The van der Waals surface area contributed by atoms with E-state index >= 15 is 0 Å². The average Bonchev–Trinajstić information content (AvgIpc) is 2.60. The quantitative estimate of drug-likeness (QED) is 0.700. The third-order valence-corrected chi connectivity index (χ3v) is 3.03. The molecule has 2 aliphatic heterocycles. The number of fused-ring (bicyclic) bond motifs is 3. The summed E-state index contributed by atoms with van der Waals surface area (Å²) in [6.07, 6.45) is 1.52. The summed E-state index contributed by atoms with van der Waals surface area (Å²) in [6, 6.07) is 5.28. The van der Waals surface area contributed by atoms with Crippen LogP contribution in [0.4, 0.5) is 10.5 Å². The Hall–Kier alpha value is -1.71. The van der Waals surface area contributed by atoms with Crippen molar-refractivity contribution >= 4 is 11.8 Å². The third kappa shape index (κ3) is 1.17. The Bertz CT molecular complexity index is 430. The van der Waals surface area contributed by atoms with Crippen LogP contribution < -0.4 is 4.90 Å². The second kappa shape index (κ2) is 2.89. The molecule has 1 aromatic carbocycles. The number of aryl methyl sites for hydroxylation is 1. The Labute approximate surface area is 87.1 Å². The summed E-state index contributed by atoms with van der Waals surface area (Å²) in [5, 5.41) is 9.36. The van der Waals surface area contributed by atoms with Gasteiger partial charge in [-0.1, -0.05) is 0 Å². The summed E-state index contributed by atoms with van der Waals surface area (Å²) in [4.78, 5) is 13.2. The van der Waals surface area contributed by atoms with Crippen LogP contribution in [0.15, 0.2) is 18.2 Å². The summed E-state index contributed by atoms with van der Waals surface area (Å²) in [5.74, 6) is 0.250. The first kappa shape index (κ1) is 8.59. The number of phenols is 1. The van der Waals surface area contributed by atoms with Gasteiger partial charge < -0.3 is 9.84 Å². The number of hydrogen-bond acceptors (Lipinski definition) is 3. The molecule has 1 atom stereocenters. The molecular weight excluding hydrogens is 194 g/mol. The maximum Gasteiger partial charge on any atom is 0.414 e. The van der Waals surface area contributed by atoms with Crippen molar-refractivity contribution in [3.63, 3.8) is 0 Å². The van der Waals surface area contributed by atoms with E-state index in [9.17, 15) is 9.90 Å². The number of cyclic esters (lactones) is 1. The molecule has 3 rings (SSSR count). The van der Waals surface area contributed by atoms with Gasteiger partial charge in [0.15, 0.2) is 0 Å². The summed E-state index contributed by atoms with van der Waals surface area (Å²) in [5.41, 5.74) is 1.90. The Balaban J connectivity index is 2.10. The Morgan fingerprint density at radius 1 is 1.47 bits per heavy atom. The van der Waals surface area contributed by atoms with Gasteiger partial charge in [-0.2, -0.15) is 0 Å². The zero-order valence-corrected chi connectivity index (χ0v) is 8.14. The van der Waals surface area contributed by atoms with Crippen LogP contribution in [-0.2, 0) is 11.2 Å². The predicted octanol–water partition coefficient (Wildman–Crippen LogP) is 1.66. The van der Waals surface area contributed by atoms with E-state index in [4.69, 9.17) is 4.74 Å². The van der Waals surface area contributed by atoms with Gasteiger partial charge in [0.1, 0.15) is 12.4 Å². The number of carbonyl (C=O) groups excluding carboxylic acids is 1. The van der Waals surface area contributed by atoms with Crippen molar-refractivity contribution in [2.75, 3.05) is 11.5 Å². The molecule has 78 valence electrons. The maximum absolute atomic E-state index is 11.5. The Kier molecular flexibility index (Phi) is 1.65. The van der Waals surface area contributed by atoms with Crippen LogP contribution in [0.25, 0.3) is 0 Å². The number of rotatable bonds is 0. The minimum atomic E-state index is -0.272. The molecule has 2 heterocycles. The number of anilines is 1. The molecule has 0 saturated carbocycles. The monoisotopic (exact) mass is 205 g/mol. The van der Waals surface area contributed by atoms with Crippen LogP contribution in [-0.4, -0.2) is 23.8 Å². The van der Waals surface area contributed by atoms with E-state index in [1.165, 1.54) is 0 Å². The molecule has 0 bridgehead atoms. The third-order valence-electron chi connectivity index (χ3n) is 3.03. The normalized spacial score (nSPS) is 23.3. The van der Waals surface area contributed by atoms with Gasteiger partial charge >= 0.3 is 6.09 Å². The van der Waals surface area contributed by atoms with Crippen molar-refractivity contribution in [1.29, 1.82) is 0 Å². The number of ether oxygens (including phenoxy) is 1. The number of carbonyl (C=O) groups is 1. The fourth-order valence-corrected chi connectivity index (χ4v) is 2.30. The first-order valence-corrected chi connectivity index (χ1v) is 5.03. The van der Waals surface area contributed by atoms with E-state index in [0.717, 1.165) is 24.1 Å². The molecule has 0 aliphatic carbocycles. The summed E-state index contributed by atoms with van der Waals surface area (Å²) in [6.45, 7) is 0.485. The second-order valence-electron chi connectivity index (χ2n) is 3.95. The SMILES string of the molecule is O=C1OC[C@H]2CCc3cc(O)ccc3N12. The molecule has 1 aromatic rings. The van der Waals surface area contributed by atoms with Crippen molar-refractivity contribution in [1.82, 2.24) is 0 Å². The number of benzene rings is 1. The van der Waals surface area contributed by atoms with Gasteiger partial charge in [0, 0.05) is 0 Å². The highest BCUT2D eigenvalue weighted by Crippen LogP contribution is 2.35. The smallest absolute Gasteiger partial charge is 0.414 e. The van der Waals surface area contributed by atoms with Crippen molar-refractivity contribution < 1.29 is 14.6 Å². The maximum atomic E-state index is 11.5. The zero-order chi connectivity index (χ0) is 10.4. The molecule has 0 spiro atoms. The summed E-state index contributed by atoms with van der Waals surface area (Å²) < 4.78 is 5.01. The Morgan fingerprint density at radius 2 is 2.33 bits per heavy atom. The largest absolute Gasteiger partial charge is 0.508 e. The number of hydrogen-bond donors (Lipinski definition) is 1. The number of phenolic OH excluding ortho intramolecular Hbond substituents is 1. The fourth-order valence-electron chi connectivity index (χ4n) is 2.30. The lowest BCUT2D eigenvalue weighted by Gasteiger charge is -2.28. The van der Waals surface area contributed by atoms with Crippen LogP contribution in [0.5, 0.6) is 5.75 Å². The number of amides is 1. The van der Waals surface area contributed by atoms with Crippen LogP contribution in [0, 0.1) is 0 Å². The van der Waals surface area contributed by atoms with Gasteiger partial charge in [-0.05, 0) is 36.6 Å². The van der Waals surface area contributed by atoms with E-state index in [1.54, 1.807) is 23.1 Å². The number of aromatic hydroxyl groups is 1. The molecule has 4 heteroatoms. The first-order chi connectivity index (χ1) is 7.25. The molecule has 1 fully saturated rings. The molecule has 0 aromatic heterocycles. The minimum absolute atomic E-state index is 0.176. The van der Waals surface area contributed by atoms with Crippen LogP contribution in [0.1, 0.15) is 12.0 Å². The molecular formula is C11H11NO3. The van der Waals surface area contributed by atoms with Crippen molar-refractivity contribution in [3.8, 4) is 5.75 Å². The van der Waals surface area contributed by atoms with Crippen molar-refractivity contribution in [2.24, 2.45) is 0 Å². The lowest BCUT2D eigenvalue weighted by Crippen LogP contribution is -2.37. The highest BCUT2D eigenvalue weighted by molar-refractivity contribution is 5.92. The van der Waals surface area contributed by atoms with E-state index in [1.807, 2.05) is 0 Å². The molecule has 4 nitrogen and oxygen atoms in total. The van der Waals surface area contributed by atoms with Crippen LogP contribution >= 0.6 is 0 Å². The van der Waals surface area contributed by atoms with Gasteiger partial charge in [-0.3, -0.25) is 4.90 Å². The minimum Gasteiger partial charge on any atom is -0.508 e. The molecule has 1 saturated heterocycles. The molecule has 15 heavy (non-hydrogen) atoms. The van der Waals surface area contributed by atoms with Gasteiger partial charge in [0.05, 0.1) is 11.7 Å². The van der Waals surface area contributed by atoms with E-state index in [0.29, 0.717) is 6.61 Å². The highest BCUT2D eigenvalue weighted by atomic mass is 16.6. The lowest BCUT2D eigenvalue weighted by molar-refractivity contribution is 0.178. The van der Waals surface area contributed by atoms with Crippen molar-refractivity contribution in [2.45, 2.75) is 18.9 Å². The van der Waals surface area contributed by atoms with E-state index in [2.05, 4.69) is 0 Å². The predicted molar refractivity (Wildman–Crippen MR) is 54.0 cm³/mol. The summed E-state index contributed by atoms with van der Waals surface area (Å²) >= 11 is 0. The topological polar surface area (TPSA) is 49.8 Å². The van der Waals surface area contributed by atoms with Crippen LogP contribution in [0.2, 0.25) is 0 Å². The molecule has 0 unspecified atom stereocenters. The fraction of sp³-hybridized carbons (Fsp3) is 0.364. The van der Waals surface area contributed by atoms with E-state index < -0.39 is 0 Å². The zero-order valence-electron chi connectivity index (χ0n) is 8.14. The van der Waals surface area contributed by atoms with Gasteiger partial charge in [0.25, 0.3) is 0 Å². The van der Waals surface area contributed by atoms with Crippen LogP contribution in [0.3, 0.4) is 0 Å². The summed E-state index contributed by atoms with van der Waals surface area (Å²) in [7, 11) is 0. The second-order valence-corrected chi connectivity index (χ2v) is 3.95. The van der Waals surface area contributed by atoms with Gasteiger partial charge in [-0.25, -0.2) is 4.79 Å². The standard InChI is InChI=1S/C11H11NO3/c13-9-3-4-10-7(5-9)1-2-8-6-15-11(14)12(8)10/h3-5,8,13H,1-2,6H2/t8-/m1/s1. The lowest BCUT2D eigenvalue weighted by atomic mass is 9.97. The van der Waals surface area contributed by atoms with Gasteiger partial charge in [-0.15, -0.1) is 0 Å². The number of nitrogens with zero attached hydrogens (tertiary/aromatic N) is 1. The molecule has 1 N–H and O–H groups in total. The molecule has 0 radical (unpaired) electrons. The van der Waals surface area contributed by atoms with Crippen molar-refractivity contribution in [3.05, 3.63) is 23.8 Å². The highest BCUT2D eigenvalue weighted by Gasteiger charge is 2.37. The Morgan fingerprint density at radius 3 is 3.20 bits per heavy atom. The average molecular weight is 205 g/mol.